The first-order chi connectivity index (χ1) is 6.70. The summed E-state index contributed by atoms with van der Waals surface area (Å²) in [7, 11) is 0. The van der Waals surface area contributed by atoms with E-state index in [4.69, 9.17) is 0 Å². The fourth-order valence-electron chi connectivity index (χ4n) is 0.801. The van der Waals surface area contributed by atoms with Crippen LogP contribution in [0.25, 0.3) is 0 Å². The molecule has 0 heterocycles. The van der Waals surface area contributed by atoms with Crippen molar-refractivity contribution >= 4 is 29.6 Å². The van der Waals surface area contributed by atoms with Gasteiger partial charge in [0, 0.05) is 18.3 Å². The highest BCUT2D eigenvalue weighted by atomic mass is 32.2. The van der Waals surface area contributed by atoms with E-state index in [1.165, 1.54) is 0 Å². The average Bonchev–Trinajstić information content (AvgIpc) is 2.21. The Morgan fingerprint density at radius 3 is 2.64 bits per heavy atom. The fraction of sp³-hybridized carbons (Fsp3) is 0.889. The SMILES string of the molecule is CSCCCNC(=O)NCC(C)SC. The largest absolute Gasteiger partial charge is 0.338 e. The normalized spacial score (nSPS) is 12.2. The molecule has 2 N–H and O–H groups in total. The Morgan fingerprint density at radius 2 is 2.07 bits per heavy atom. The van der Waals surface area contributed by atoms with Gasteiger partial charge in [0.25, 0.3) is 0 Å². The van der Waals surface area contributed by atoms with E-state index >= 15 is 0 Å². The van der Waals surface area contributed by atoms with Crippen molar-refractivity contribution < 1.29 is 4.79 Å². The molecule has 0 radical (unpaired) electrons. The molecule has 84 valence electrons. The van der Waals surface area contributed by atoms with E-state index in [1.807, 2.05) is 6.26 Å². The van der Waals surface area contributed by atoms with E-state index in [2.05, 4.69) is 23.8 Å². The molecule has 0 aliphatic carbocycles. The molecule has 1 unspecified atom stereocenters. The lowest BCUT2D eigenvalue weighted by Crippen LogP contribution is -2.38. The number of nitrogens with one attached hydrogen (secondary N) is 2. The summed E-state index contributed by atoms with van der Waals surface area (Å²) in [4.78, 5) is 11.2. The third-order valence-electron chi connectivity index (χ3n) is 1.76. The Hall–Kier alpha value is -0.0300. The third kappa shape index (κ3) is 8.56. The van der Waals surface area contributed by atoms with Crippen LogP contribution >= 0.6 is 23.5 Å². The van der Waals surface area contributed by atoms with Crippen molar-refractivity contribution in [3.63, 3.8) is 0 Å². The molecule has 2 amide bonds. The van der Waals surface area contributed by atoms with Crippen LogP contribution in [-0.2, 0) is 0 Å². The first kappa shape index (κ1) is 14.0. The monoisotopic (exact) mass is 236 g/mol. The number of carbonyl (C=O) groups is 1. The van der Waals surface area contributed by atoms with Gasteiger partial charge in [-0.3, -0.25) is 0 Å². The Kier molecular flexibility index (Phi) is 9.50. The molecule has 3 nitrogen and oxygen atoms in total. The van der Waals surface area contributed by atoms with Gasteiger partial charge in [0.05, 0.1) is 0 Å². The lowest BCUT2D eigenvalue weighted by atomic mass is 10.4. The van der Waals surface area contributed by atoms with Crippen molar-refractivity contribution in [2.45, 2.75) is 18.6 Å². The molecule has 0 spiro atoms. The Balaban J connectivity index is 3.28. The first-order valence-electron chi connectivity index (χ1n) is 4.74. The van der Waals surface area contributed by atoms with E-state index in [1.54, 1.807) is 23.5 Å². The number of amides is 2. The van der Waals surface area contributed by atoms with Crippen LogP contribution in [0.3, 0.4) is 0 Å². The molecule has 5 heteroatoms. The Labute approximate surface area is 95.2 Å². The highest BCUT2D eigenvalue weighted by Crippen LogP contribution is 2.02. The molecule has 0 bridgehead atoms. The lowest BCUT2D eigenvalue weighted by molar-refractivity contribution is 0.241. The lowest BCUT2D eigenvalue weighted by Gasteiger charge is -2.10. The highest BCUT2D eigenvalue weighted by molar-refractivity contribution is 7.99. The number of carbonyl (C=O) groups excluding carboxylic acids is 1. The first-order valence-corrected chi connectivity index (χ1v) is 7.42. The zero-order valence-electron chi connectivity index (χ0n) is 9.13. The molecule has 0 aromatic carbocycles. The van der Waals surface area contributed by atoms with E-state index in [9.17, 15) is 4.79 Å². The van der Waals surface area contributed by atoms with E-state index in [-0.39, 0.29) is 6.03 Å². The molecule has 14 heavy (non-hydrogen) atoms. The van der Waals surface area contributed by atoms with Crippen molar-refractivity contribution in [3.8, 4) is 0 Å². The minimum Gasteiger partial charge on any atom is -0.338 e. The summed E-state index contributed by atoms with van der Waals surface area (Å²) in [5.74, 6) is 1.10. The minimum absolute atomic E-state index is 0.0491. The smallest absolute Gasteiger partial charge is 0.314 e. The molecule has 0 saturated heterocycles. The summed E-state index contributed by atoms with van der Waals surface area (Å²) in [6.07, 6.45) is 5.15. The second kappa shape index (κ2) is 9.52. The summed E-state index contributed by atoms with van der Waals surface area (Å²) in [6.45, 7) is 3.59. The zero-order valence-corrected chi connectivity index (χ0v) is 10.8. The maximum Gasteiger partial charge on any atom is 0.314 e. The van der Waals surface area contributed by atoms with Gasteiger partial charge in [-0.05, 0) is 24.7 Å². The summed E-state index contributed by atoms with van der Waals surface area (Å²) < 4.78 is 0. The molecule has 0 aromatic rings. The van der Waals surface area contributed by atoms with Crippen LogP contribution in [0.5, 0.6) is 0 Å². The standard InChI is InChI=1S/C9H20N2OS2/c1-8(14-3)7-11-9(12)10-5-4-6-13-2/h8H,4-7H2,1-3H3,(H2,10,11,12). The maximum absolute atomic E-state index is 11.2. The molecule has 0 aliphatic heterocycles. The molecule has 1 atom stereocenters. The molecule has 0 aromatic heterocycles. The number of rotatable bonds is 7. The highest BCUT2D eigenvalue weighted by Gasteiger charge is 2.02. The van der Waals surface area contributed by atoms with Crippen LogP contribution in [-0.4, -0.2) is 42.6 Å². The number of thioether (sulfide) groups is 2. The quantitative estimate of drug-likeness (QED) is 0.662. The Morgan fingerprint density at radius 1 is 1.36 bits per heavy atom. The van der Waals surface area contributed by atoms with Crippen LogP contribution in [0.1, 0.15) is 13.3 Å². The van der Waals surface area contributed by atoms with Crippen LogP contribution in [0.15, 0.2) is 0 Å². The van der Waals surface area contributed by atoms with Gasteiger partial charge in [-0.15, -0.1) is 0 Å². The summed E-state index contributed by atoms with van der Waals surface area (Å²) in [6, 6.07) is -0.0491. The molecule has 0 fully saturated rings. The summed E-state index contributed by atoms with van der Waals surface area (Å²) >= 11 is 3.55. The Bertz CT molecular complexity index is 156. The van der Waals surface area contributed by atoms with Crippen LogP contribution in [0.4, 0.5) is 4.79 Å². The van der Waals surface area contributed by atoms with Gasteiger partial charge in [-0.1, -0.05) is 6.92 Å². The average molecular weight is 236 g/mol. The van der Waals surface area contributed by atoms with Gasteiger partial charge >= 0.3 is 6.03 Å². The molecule has 0 aliphatic rings. The van der Waals surface area contributed by atoms with Crippen molar-refractivity contribution in [2.24, 2.45) is 0 Å². The molecular weight excluding hydrogens is 216 g/mol. The van der Waals surface area contributed by atoms with Gasteiger partial charge in [0.1, 0.15) is 0 Å². The van der Waals surface area contributed by atoms with Crippen LogP contribution in [0.2, 0.25) is 0 Å². The predicted octanol–water partition coefficient (Wildman–Crippen LogP) is 1.79. The number of hydrogen-bond donors (Lipinski definition) is 2. The molecule has 0 saturated carbocycles. The predicted molar refractivity (Wildman–Crippen MR) is 67.4 cm³/mol. The van der Waals surface area contributed by atoms with Gasteiger partial charge in [-0.25, -0.2) is 4.79 Å². The van der Waals surface area contributed by atoms with Crippen molar-refractivity contribution in [2.75, 3.05) is 31.4 Å². The van der Waals surface area contributed by atoms with E-state index in [0.29, 0.717) is 5.25 Å². The van der Waals surface area contributed by atoms with Crippen molar-refractivity contribution in [3.05, 3.63) is 0 Å². The summed E-state index contributed by atoms with van der Waals surface area (Å²) in [5, 5.41) is 6.14. The zero-order chi connectivity index (χ0) is 10.8. The number of hydrogen-bond acceptors (Lipinski definition) is 3. The summed E-state index contributed by atoms with van der Waals surface area (Å²) in [5.41, 5.74) is 0. The van der Waals surface area contributed by atoms with Crippen LogP contribution < -0.4 is 10.6 Å². The van der Waals surface area contributed by atoms with Gasteiger partial charge in [0.15, 0.2) is 0 Å². The van der Waals surface area contributed by atoms with Gasteiger partial charge in [0.2, 0.25) is 0 Å². The molecular formula is C9H20N2OS2. The van der Waals surface area contributed by atoms with E-state index in [0.717, 1.165) is 25.3 Å². The van der Waals surface area contributed by atoms with Crippen LogP contribution in [0, 0.1) is 0 Å². The minimum atomic E-state index is -0.0491. The third-order valence-corrected chi connectivity index (χ3v) is 3.43. The van der Waals surface area contributed by atoms with Gasteiger partial charge in [-0.2, -0.15) is 23.5 Å². The molecule has 0 rings (SSSR count). The van der Waals surface area contributed by atoms with E-state index < -0.39 is 0 Å². The fourth-order valence-corrected chi connectivity index (χ4v) is 1.48. The topological polar surface area (TPSA) is 41.1 Å². The number of urea groups is 1. The van der Waals surface area contributed by atoms with Crippen molar-refractivity contribution in [1.82, 2.24) is 10.6 Å². The second-order valence-corrected chi connectivity index (χ2v) is 5.29. The maximum atomic E-state index is 11.2. The second-order valence-electron chi connectivity index (χ2n) is 3.03. The van der Waals surface area contributed by atoms with Crippen molar-refractivity contribution in [1.29, 1.82) is 0 Å². The van der Waals surface area contributed by atoms with Gasteiger partial charge < -0.3 is 10.6 Å².